The Bertz CT molecular complexity index is 955. The summed E-state index contributed by atoms with van der Waals surface area (Å²) in [6, 6.07) is 13.3. The lowest BCUT2D eigenvalue weighted by Crippen LogP contribution is -2.49. The topological polar surface area (TPSA) is 75.7 Å². The van der Waals surface area contributed by atoms with Gasteiger partial charge in [0.25, 0.3) is 10.0 Å². The molecule has 0 unspecified atom stereocenters. The molecule has 3 heterocycles. The fourth-order valence-electron chi connectivity index (χ4n) is 4.75. The quantitative estimate of drug-likeness (QED) is 0.683. The van der Waals surface area contributed by atoms with Gasteiger partial charge in [-0.2, -0.15) is 4.31 Å². The highest BCUT2D eigenvalue weighted by Gasteiger charge is 2.41. The van der Waals surface area contributed by atoms with Crippen molar-refractivity contribution in [2.75, 3.05) is 26.3 Å². The molecule has 0 spiro atoms. The van der Waals surface area contributed by atoms with E-state index in [9.17, 15) is 13.2 Å². The summed E-state index contributed by atoms with van der Waals surface area (Å²) >= 11 is 1.26. The molecule has 31 heavy (non-hydrogen) atoms. The first-order valence-electron chi connectivity index (χ1n) is 11.0. The minimum absolute atomic E-state index is 0.0190. The Kier molecular flexibility index (Phi) is 7.11. The van der Waals surface area contributed by atoms with E-state index in [4.69, 9.17) is 4.74 Å². The normalized spacial score (nSPS) is 22.1. The number of sulfonamides is 1. The third-order valence-corrected chi connectivity index (χ3v) is 9.83. The van der Waals surface area contributed by atoms with Crippen molar-refractivity contribution in [2.24, 2.45) is 0 Å². The third-order valence-electron chi connectivity index (χ3n) is 6.50. The third kappa shape index (κ3) is 4.72. The second-order valence-corrected chi connectivity index (χ2v) is 11.4. The lowest BCUT2D eigenvalue weighted by Gasteiger charge is -2.37. The number of nitrogens with one attached hydrogen (secondary N) is 1. The number of piperidine rings is 1. The van der Waals surface area contributed by atoms with Gasteiger partial charge in [-0.05, 0) is 49.1 Å². The summed E-state index contributed by atoms with van der Waals surface area (Å²) in [5.41, 5.74) is 0.449. The Morgan fingerprint density at radius 2 is 1.90 bits per heavy atom. The van der Waals surface area contributed by atoms with Crippen molar-refractivity contribution in [3.05, 3.63) is 53.4 Å². The number of ether oxygens (including phenoxy) is 1. The Labute approximate surface area is 188 Å². The van der Waals surface area contributed by atoms with Crippen LogP contribution >= 0.6 is 11.3 Å². The maximum atomic E-state index is 13.3. The number of hydrogen-bond acceptors (Lipinski definition) is 5. The highest BCUT2D eigenvalue weighted by atomic mass is 32.2. The average Bonchev–Trinajstić information content (AvgIpc) is 3.36. The van der Waals surface area contributed by atoms with Crippen LogP contribution in [0.25, 0.3) is 0 Å². The Morgan fingerprint density at radius 3 is 2.61 bits per heavy atom. The molecule has 8 heteroatoms. The van der Waals surface area contributed by atoms with Crippen LogP contribution in [-0.4, -0.2) is 51.0 Å². The molecular formula is C23H30N2O4S2. The zero-order valence-corrected chi connectivity index (χ0v) is 19.3. The van der Waals surface area contributed by atoms with Crippen molar-refractivity contribution in [1.82, 2.24) is 9.62 Å². The van der Waals surface area contributed by atoms with E-state index in [1.807, 2.05) is 30.3 Å². The van der Waals surface area contributed by atoms with E-state index >= 15 is 0 Å². The second-order valence-electron chi connectivity index (χ2n) is 8.30. The van der Waals surface area contributed by atoms with Crippen molar-refractivity contribution < 1.29 is 17.9 Å². The molecule has 1 atom stereocenters. The van der Waals surface area contributed by atoms with Gasteiger partial charge < -0.3 is 10.1 Å². The number of amides is 1. The first-order valence-corrected chi connectivity index (χ1v) is 13.3. The zero-order chi connectivity index (χ0) is 21.7. The molecule has 1 amide bonds. The predicted molar refractivity (Wildman–Crippen MR) is 122 cm³/mol. The van der Waals surface area contributed by atoms with Crippen LogP contribution in [-0.2, 0) is 25.0 Å². The van der Waals surface area contributed by atoms with Crippen LogP contribution in [0.15, 0.2) is 52.1 Å². The van der Waals surface area contributed by atoms with E-state index in [1.54, 1.807) is 21.8 Å². The van der Waals surface area contributed by atoms with Crippen LogP contribution in [0.1, 0.15) is 44.1 Å². The molecule has 6 nitrogen and oxygen atoms in total. The van der Waals surface area contributed by atoms with Gasteiger partial charge in [-0.3, -0.25) is 4.79 Å². The number of rotatable bonds is 7. The first kappa shape index (κ1) is 22.5. The molecule has 2 aromatic rings. The van der Waals surface area contributed by atoms with Crippen molar-refractivity contribution >= 4 is 27.3 Å². The van der Waals surface area contributed by atoms with E-state index in [1.165, 1.54) is 11.3 Å². The highest BCUT2D eigenvalue weighted by Crippen LogP contribution is 2.35. The number of benzene rings is 1. The number of carbonyl (C=O) groups excluding carboxylic acids is 1. The molecule has 1 aromatic heterocycles. The number of thiophene rings is 1. The lowest BCUT2D eigenvalue weighted by atomic mass is 9.73. The SMILES string of the molecule is O=C(NCC[C@@H]1CCCCN1S(=O)(=O)c1cccs1)C1(c2ccccc2)CCOCC1. The van der Waals surface area contributed by atoms with Gasteiger partial charge in [-0.15, -0.1) is 11.3 Å². The van der Waals surface area contributed by atoms with Gasteiger partial charge in [-0.25, -0.2) is 8.42 Å². The molecule has 0 aliphatic carbocycles. The van der Waals surface area contributed by atoms with Gasteiger partial charge in [0.1, 0.15) is 4.21 Å². The molecule has 168 valence electrons. The first-order chi connectivity index (χ1) is 15.0. The predicted octanol–water partition coefficient (Wildman–Crippen LogP) is 3.55. The summed E-state index contributed by atoms with van der Waals surface area (Å²) in [6.07, 6.45) is 4.66. The van der Waals surface area contributed by atoms with Gasteiger partial charge in [-0.1, -0.05) is 42.8 Å². The molecule has 0 saturated carbocycles. The molecule has 2 aliphatic rings. The standard InChI is InChI=1S/C23H30N2O4S2/c26-22(23(12-16-29-17-13-23)19-7-2-1-3-8-19)24-14-11-20-9-4-5-15-25(20)31(27,28)21-10-6-18-30-21/h1-3,6-8,10,18,20H,4-5,9,11-17H2,(H,24,26)/t20-/m0/s1. The maximum Gasteiger partial charge on any atom is 0.252 e. The van der Waals surface area contributed by atoms with Gasteiger partial charge in [0.2, 0.25) is 5.91 Å². The highest BCUT2D eigenvalue weighted by molar-refractivity contribution is 7.91. The van der Waals surface area contributed by atoms with Gasteiger partial charge in [0.15, 0.2) is 0 Å². The molecular weight excluding hydrogens is 432 g/mol. The van der Waals surface area contributed by atoms with Crippen LogP contribution in [0.5, 0.6) is 0 Å². The molecule has 2 aliphatic heterocycles. The van der Waals surface area contributed by atoms with Crippen LogP contribution in [0.2, 0.25) is 0 Å². The molecule has 1 N–H and O–H groups in total. The fourth-order valence-corrected chi connectivity index (χ4v) is 7.59. The van der Waals surface area contributed by atoms with Gasteiger partial charge in [0.05, 0.1) is 5.41 Å². The molecule has 0 bridgehead atoms. The van der Waals surface area contributed by atoms with Crippen LogP contribution in [0.4, 0.5) is 0 Å². The Hall–Kier alpha value is -1.74. The van der Waals surface area contributed by atoms with E-state index in [2.05, 4.69) is 5.32 Å². The fraction of sp³-hybridized carbons (Fsp3) is 0.522. The van der Waals surface area contributed by atoms with E-state index in [0.717, 1.165) is 24.8 Å². The zero-order valence-electron chi connectivity index (χ0n) is 17.7. The van der Waals surface area contributed by atoms with E-state index < -0.39 is 15.4 Å². The monoisotopic (exact) mass is 462 g/mol. The second kappa shape index (κ2) is 9.81. The maximum absolute atomic E-state index is 13.3. The van der Waals surface area contributed by atoms with E-state index in [-0.39, 0.29) is 11.9 Å². The minimum atomic E-state index is -3.47. The van der Waals surface area contributed by atoms with Crippen molar-refractivity contribution in [2.45, 2.75) is 54.2 Å². The van der Waals surface area contributed by atoms with Crippen LogP contribution in [0, 0.1) is 0 Å². The minimum Gasteiger partial charge on any atom is -0.381 e. The van der Waals surface area contributed by atoms with Gasteiger partial charge >= 0.3 is 0 Å². The van der Waals surface area contributed by atoms with Crippen molar-refractivity contribution in [3.63, 3.8) is 0 Å². The summed E-state index contributed by atoms with van der Waals surface area (Å²) in [5.74, 6) is 0.0190. The molecule has 2 saturated heterocycles. The Balaban J connectivity index is 1.43. The number of nitrogens with zero attached hydrogens (tertiary/aromatic N) is 1. The number of hydrogen-bond donors (Lipinski definition) is 1. The largest absolute Gasteiger partial charge is 0.381 e. The summed E-state index contributed by atoms with van der Waals surface area (Å²) in [5, 5.41) is 4.93. The number of carbonyl (C=O) groups is 1. The van der Waals surface area contributed by atoms with E-state index in [0.29, 0.717) is 49.8 Å². The molecule has 4 rings (SSSR count). The van der Waals surface area contributed by atoms with Crippen molar-refractivity contribution in [1.29, 1.82) is 0 Å². The molecule has 2 fully saturated rings. The van der Waals surface area contributed by atoms with Crippen LogP contribution < -0.4 is 5.32 Å². The summed E-state index contributed by atoms with van der Waals surface area (Å²) < 4.78 is 33.7. The molecule has 1 aromatic carbocycles. The van der Waals surface area contributed by atoms with Crippen LogP contribution in [0.3, 0.4) is 0 Å². The lowest BCUT2D eigenvalue weighted by molar-refractivity contribution is -0.130. The summed E-state index contributed by atoms with van der Waals surface area (Å²) in [6.45, 7) is 2.15. The Morgan fingerprint density at radius 1 is 1.13 bits per heavy atom. The average molecular weight is 463 g/mol. The summed E-state index contributed by atoms with van der Waals surface area (Å²) in [7, 11) is -3.47. The smallest absolute Gasteiger partial charge is 0.252 e. The molecule has 0 radical (unpaired) electrons. The summed E-state index contributed by atoms with van der Waals surface area (Å²) in [4.78, 5) is 13.3. The van der Waals surface area contributed by atoms with Crippen molar-refractivity contribution in [3.8, 4) is 0 Å². The van der Waals surface area contributed by atoms with Gasteiger partial charge in [0, 0.05) is 32.3 Å².